The predicted octanol–water partition coefficient (Wildman–Crippen LogP) is 2.95. The van der Waals surface area contributed by atoms with Gasteiger partial charge in [-0.1, -0.05) is 34.1 Å². The highest BCUT2D eigenvalue weighted by Gasteiger charge is 2.03. The Kier molecular flexibility index (Phi) is 5.55. The van der Waals surface area contributed by atoms with E-state index in [9.17, 15) is 4.79 Å². The van der Waals surface area contributed by atoms with Crippen LogP contribution in [0.3, 0.4) is 0 Å². The fraction of sp³-hybridized carbons (Fsp3) is 0.125. The number of hydrogen-bond acceptors (Lipinski definition) is 4. The Morgan fingerprint density at radius 3 is 2.77 bits per heavy atom. The summed E-state index contributed by atoms with van der Waals surface area (Å²) >= 11 is 3.34. The first-order chi connectivity index (χ1) is 10.5. The number of carbonyl (C=O) groups excluding carboxylic acids is 1. The van der Waals surface area contributed by atoms with Crippen molar-refractivity contribution in [1.82, 2.24) is 5.43 Å². The SMILES string of the molecule is C/C(=N\NC(=O)COc1cccc(Br)c1)c1cccc(N)c1. The van der Waals surface area contributed by atoms with Crippen LogP contribution in [-0.2, 0) is 4.79 Å². The van der Waals surface area contributed by atoms with E-state index in [1.807, 2.05) is 24.3 Å². The molecule has 0 saturated carbocycles. The molecule has 0 spiro atoms. The van der Waals surface area contributed by atoms with Crippen LogP contribution in [0.25, 0.3) is 0 Å². The summed E-state index contributed by atoms with van der Waals surface area (Å²) in [5, 5.41) is 4.04. The fourth-order valence-corrected chi connectivity index (χ4v) is 2.09. The number of nitrogens with two attached hydrogens (primary N) is 1. The van der Waals surface area contributed by atoms with Crippen LogP contribution in [0.1, 0.15) is 12.5 Å². The van der Waals surface area contributed by atoms with Gasteiger partial charge in [-0.3, -0.25) is 4.79 Å². The second-order valence-corrected chi connectivity index (χ2v) is 5.52. The van der Waals surface area contributed by atoms with Gasteiger partial charge in [0.05, 0.1) is 5.71 Å². The average molecular weight is 362 g/mol. The molecule has 0 aliphatic carbocycles. The number of amides is 1. The van der Waals surface area contributed by atoms with E-state index >= 15 is 0 Å². The van der Waals surface area contributed by atoms with Crippen LogP contribution in [0.5, 0.6) is 5.75 Å². The molecule has 0 atom stereocenters. The van der Waals surface area contributed by atoms with Gasteiger partial charge < -0.3 is 10.5 Å². The molecule has 0 heterocycles. The minimum absolute atomic E-state index is 0.107. The molecule has 6 heteroatoms. The lowest BCUT2D eigenvalue weighted by molar-refractivity contribution is -0.123. The third-order valence-corrected chi connectivity index (χ3v) is 3.31. The summed E-state index contributed by atoms with van der Waals surface area (Å²) in [6.45, 7) is 1.69. The summed E-state index contributed by atoms with van der Waals surface area (Å²) in [5.74, 6) is 0.282. The van der Waals surface area contributed by atoms with Crippen molar-refractivity contribution in [3.63, 3.8) is 0 Å². The Balaban J connectivity index is 1.88. The first-order valence-corrected chi connectivity index (χ1v) is 7.41. The molecule has 2 rings (SSSR count). The van der Waals surface area contributed by atoms with E-state index in [0.717, 1.165) is 10.0 Å². The first-order valence-electron chi connectivity index (χ1n) is 6.62. The smallest absolute Gasteiger partial charge is 0.277 e. The van der Waals surface area contributed by atoms with Crippen molar-refractivity contribution < 1.29 is 9.53 Å². The van der Waals surface area contributed by atoms with Gasteiger partial charge in [-0.05, 0) is 42.8 Å². The highest BCUT2D eigenvalue weighted by molar-refractivity contribution is 9.10. The van der Waals surface area contributed by atoms with Crippen molar-refractivity contribution >= 4 is 33.2 Å². The van der Waals surface area contributed by atoms with Gasteiger partial charge in [0, 0.05) is 10.2 Å². The van der Waals surface area contributed by atoms with Crippen LogP contribution in [-0.4, -0.2) is 18.2 Å². The predicted molar refractivity (Wildman–Crippen MR) is 90.8 cm³/mol. The summed E-state index contributed by atoms with van der Waals surface area (Å²) in [5.41, 5.74) is 10.3. The number of nitrogens with zero attached hydrogens (tertiary/aromatic N) is 1. The molecule has 114 valence electrons. The lowest BCUT2D eigenvalue weighted by Gasteiger charge is -2.06. The number of benzene rings is 2. The highest BCUT2D eigenvalue weighted by atomic mass is 79.9. The van der Waals surface area contributed by atoms with Gasteiger partial charge in [-0.15, -0.1) is 0 Å². The van der Waals surface area contributed by atoms with Gasteiger partial charge in [-0.2, -0.15) is 5.10 Å². The summed E-state index contributed by atoms with van der Waals surface area (Å²) in [4.78, 5) is 11.7. The molecule has 2 aromatic carbocycles. The van der Waals surface area contributed by atoms with Gasteiger partial charge in [0.2, 0.25) is 0 Å². The van der Waals surface area contributed by atoms with Crippen molar-refractivity contribution in [1.29, 1.82) is 0 Å². The summed E-state index contributed by atoms with van der Waals surface area (Å²) in [6.07, 6.45) is 0. The van der Waals surface area contributed by atoms with Crippen LogP contribution in [0, 0.1) is 0 Å². The molecule has 0 aliphatic rings. The Bertz CT molecular complexity index is 701. The molecule has 0 aromatic heterocycles. The summed E-state index contributed by atoms with van der Waals surface area (Å²) in [6, 6.07) is 14.6. The molecular formula is C16H16BrN3O2. The largest absolute Gasteiger partial charge is 0.484 e. The second kappa shape index (κ2) is 7.61. The standard InChI is InChI=1S/C16H16BrN3O2/c1-11(12-4-2-6-14(18)8-12)19-20-16(21)10-22-15-7-3-5-13(17)9-15/h2-9H,10,18H2,1H3,(H,20,21)/b19-11+. The van der Waals surface area contributed by atoms with Gasteiger partial charge in [0.1, 0.15) is 5.75 Å². The minimum Gasteiger partial charge on any atom is -0.484 e. The van der Waals surface area contributed by atoms with Crippen LogP contribution >= 0.6 is 15.9 Å². The Morgan fingerprint density at radius 2 is 2.05 bits per heavy atom. The molecule has 0 unspecified atom stereocenters. The molecule has 5 nitrogen and oxygen atoms in total. The maximum atomic E-state index is 11.7. The Morgan fingerprint density at radius 1 is 1.27 bits per heavy atom. The molecule has 0 saturated heterocycles. The van der Waals surface area contributed by atoms with Crippen molar-refractivity contribution in [3.8, 4) is 5.75 Å². The van der Waals surface area contributed by atoms with Crippen LogP contribution in [0.2, 0.25) is 0 Å². The van der Waals surface area contributed by atoms with E-state index in [-0.39, 0.29) is 12.5 Å². The highest BCUT2D eigenvalue weighted by Crippen LogP contribution is 2.17. The van der Waals surface area contributed by atoms with Crippen molar-refractivity contribution in [3.05, 3.63) is 58.6 Å². The number of anilines is 1. The van der Waals surface area contributed by atoms with E-state index in [2.05, 4.69) is 26.5 Å². The quantitative estimate of drug-likeness (QED) is 0.488. The topological polar surface area (TPSA) is 76.7 Å². The third-order valence-electron chi connectivity index (χ3n) is 2.82. The number of halogens is 1. The lowest BCUT2D eigenvalue weighted by Crippen LogP contribution is -2.25. The fourth-order valence-electron chi connectivity index (χ4n) is 1.71. The van der Waals surface area contributed by atoms with Crippen molar-refractivity contribution in [2.24, 2.45) is 5.10 Å². The van der Waals surface area contributed by atoms with Gasteiger partial charge >= 0.3 is 0 Å². The molecular weight excluding hydrogens is 346 g/mol. The van der Waals surface area contributed by atoms with Crippen LogP contribution < -0.4 is 15.9 Å². The number of hydrazone groups is 1. The normalized spacial score (nSPS) is 11.1. The number of hydrogen-bond donors (Lipinski definition) is 2. The van der Waals surface area contributed by atoms with E-state index in [1.54, 1.807) is 31.2 Å². The Labute approximate surface area is 137 Å². The average Bonchev–Trinajstić information content (AvgIpc) is 2.50. The summed E-state index contributed by atoms with van der Waals surface area (Å²) < 4.78 is 6.26. The molecule has 1 amide bonds. The van der Waals surface area contributed by atoms with Crippen LogP contribution in [0.4, 0.5) is 5.69 Å². The van der Waals surface area contributed by atoms with Crippen molar-refractivity contribution in [2.75, 3.05) is 12.3 Å². The first kappa shape index (κ1) is 16.0. The number of nitrogen functional groups attached to an aromatic ring is 1. The molecule has 0 bridgehead atoms. The van der Waals surface area contributed by atoms with E-state index in [4.69, 9.17) is 10.5 Å². The monoisotopic (exact) mass is 361 g/mol. The van der Waals surface area contributed by atoms with E-state index in [0.29, 0.717) is 17.1 Å². The van der Waals surface area contributed by atoms with E-state index < -0.39 is 0 Å². The van der Waals surface area contributed by atoms with Gasteiger partial charge in [0.15, 0.2) is 6.61 Å². The zero-order valence-corrected chi connectivity index (χ0v) is 13.6. The number of ether oxygens (including phenoxy) is 1. The maximum absolute atomic E-state index is 11.7. The molecule has 3 N–H and O–H groups in total. The number of carbonyl (C=O) groups is 1. The molecule has 22 heavy (non-hydrogen) atoms. The van der Waals surface area contributed by atoms with Crippen molar-refractivity contribution in [2.45, 2.75) is 6.92 Å². The van der Waals surface area contributed by atoms with Crippen LogP contribution in [0.15, 0.2) is 58.1 Å². The van der Waals surface area contributed by atoms with Gasteiger partial charge in [-0.25, -0.2) is 5.43 Å². The van der Waals surface area contributed by atoms with Gasteiger partial charge in [0.25, 0.3) is 5.91 Å². The number of nitrogens with one attached hydrogen (secondary N) is 1. The number of rotatable bonds is 5. The molecule has 0 aliphatic heterocycles. The molecule has 0 fully saturated rings. The molecule has 0 radical (unpaired) electrons. The summed E-state index contributed by atoms with van der Waals surface area (Å²) in [7, 11) is 0. The lowest BCUT2D eigenvalue weighted by atomic mass is 10.1. The third kappa shape index (κ3) is 4.89. The van der Waals surface area contributed by atoms with E-state index in [1.165, 1.54) is 0 Å². The second-order valence-electron chi connectivity index (χ2n) is 4.60. The molecule has 2 aromatic rings. The maximum Gasteiger partial charge on any atom is 0.277 e. The zero-order valence-electron chi connectivity index (χ0n) is 12.0. The minimum atomic E-state index is -0.330. The zero-order chi connectivity index (χ0) is 15.9. The Hall–Kier alpha value is -2.34.